The Morgan fingerprint density at radius 1 is 1.06 bits per heavy atom. The van der Waals surface area contributed by atoms with E-state index in [0.717, 1.165) is 16.4 Å². The third-order valence-electron chi connectivity index (χ3n) is 5.21. The maximum atomic E-state index is 13.4. The SMILES string of the molecule is O=C(Nc1nc(-c2cccc(F)c2)cs1)C1CCN(S(=O)(=O)c2ccc(F)c(F)c2)CC1. The molecular weight excluding hydrogens is 463 g/mol. The Kier molecular flexibility index (Phi) is 6.31. The van der Waals surface area contributed by atoms with Crippen LogP contribution in [0.1, 0.15) is 12.8 Å². The Hall–Kier alpha value is -2.76. The van der Waals surface area contributed by atoms with Crippen LogP contribution in [0.5, 0.6) is 0 Å². The van der Waals surface area contributed by atoms with E-state index >= 15 is 0 Å². The van der Waals surface area contributed by atoms with E-state index in [4.69, 9.17) is 0 Å². The molecule has 0 atom stereocenters. The minimum Gasteiger partial charge on any atom is -0.302 e. The van der Waals surface area contributed by atoms with Gasteiger partial charge in [0.2, 0.25) is 15.9 Å². The summed E-state index contributed by atoms with van der Waals surface area (Å²) in [5, 5.41) is 4.81. The zero-order chi connectivity index (χ0) is 22.9. The van der Waals surface area contributed by atoms with Gasteiger partial charge in [-0.3, -0.25) is 4.79 Å². The van der Waals surface area contributed by atoms with E-state index in [1.807, 2.05) is 0 Å². The Bertz CT molecular complexity index is 1260. The van der Waals surface area contributed by atoms with Gasteiger partial charge in [0, 0.05) is 30.0 Å². The first-order valence-corrected chi connectivity index (χ1v) is 12.0. The van der Waals surface area contributed by atoms with Crippen LogP contribution in [0, 0.1) is 23.4 Å². The Morgan fingerprint density at radius 2 is 1.81 bits per heavy atom. The largest absolute Gasteiger partial charge is 0.302 e. The van der Waals surface area contributed by atoms with Crippen molar-refractivity contribution in [2.24, 2.45) is 5.92 Å². The number of sulfonamides is 1. The van der Waals surface area contributed by atoms with Gasteiger partial charge in [-0.25, -0.2) is 26.6 Å². The number of halogens is 3. The summed E-state index contributed by atoms with van der Waals surface area (Å²) in [4.78, 5) is 16.6. The molecule has 168 valence electrons. The average Bonchev–Trinajstić information content (AvgIpc) is 3.24. The van der Waals surface area contributed by atoms with E-state index in [1.54, 1.807) is 17.5 Å². The molecule has 0 saturated carbocycles. The standard InChI is InChI=1S/C21H18F3N3O3S2/c22-15-3-1-2-14(10-15)19-12-31-21(25-19)26-20(28)13-6-8-27(9-7-13)32(29,30)16-4-5-17(23)18(24)11-16/h1-5,10-13H,6-9H2,(H,25,26,28). The van der Waals surface area contributed by atoms with Gasteiger partial charge in [-0.2, -0.15) is 4.31 Å². The smallest absolute Gasteiger partial charge is 0.243 e. The average molecular weight is 482 g/mol. The predicted octanol–water partition coefficient (Wildman–Crippen LogP) is 4.27. The van der Waals surface area contributed by atoms with Crippen LogP contribution in [-0.2, 0) is 14.8 Å². The molecule has 2 aromatic carbocycles. The lowest BCUT2D eigenvalue weighted by Crippen LogP contribution is -2.41. The van der Waals surface area contributed by atoms with E-state index < -0.39 is 27.6 Å². The summed E-state index contributed by atoms with van der Waals surface area (Å²) in [6.45, 7) is 0.150. The van der Waals surface area contributed by atoms with Crippen LogP contribution >= 0.6 is 11.3 Å². The number of piperidine rings is 1. The van der Waals surface area contributed by atoms with Gasteiger partial charge in [-0.1, -0.05) is 12.1 Å². The molecule has 4 rings (SSSR count). The number of thiazole rings is 1. The third-order valence-corrected chi connectivity index (χ3v) is 7.86. The first-order valence-electron chi connectivity index (χ1n) is 9.71. The lowest BCUT2D eigenvalue weighted by molar-refractivity contribution is -0.120. The van der Waals surface area contributed by atoms with Gasteiger partial charge >= 0.3 is 0 Å². The number of aromatic nitrogens is 1. The van der Waals surface area contributed by atoms with E-state index in [1.165, 1.54) is 23.5 Å². The second kappa shape index (κ2) is 9.00. The maximum Gasteiger partial charge on any atom is 0.243 e. The lowest BCUT2D eigenvalue weighted by atomic mass is 9.97. The molecule has 0 spiro atoms. The van der Waals surface area contributed by atoms with Crippen molar-refractivity contribution in [1.82, 2.24) is 9.29 Å². The molecule has 1 amide bonds. The molecular formula is C21H18F3N3O3S2. The summed E-state index contributed by atoms with van der Waals surface area (Å²) < 4.78 is 66.5. The van der Waals surface area contributed by atoms with E-state index in [0.29, 0.717) is 22.5 Å². The summed E-state index contributed by atoms with van der Waals surface area (Å²) in [5.74, 6) is -3.45. The molecule has 1 fully saturated rings. The molecule has 2 heterocycles. The molecule has 1 N–H and O–H groups in total. The number of rotatable bonds is 5. The molecule has 0 unspecified atom stereocenters. The summed E-state index contributed by atoms with van der Waals surface area (Å²) in [6, 6.07) is 8.42. The highest BCUT2D eigenvalue weighted by Gasteiger charge is 2.32. The van der Waals surface area contributed by atoms with Crippen molar-refractivity contribution in [2.45, 2.75) is 17.7 Å². The van der Waals surface area contributed by atoms with Crippen LogP contribution in [0.2, 0.25) is 0 Å². The minimum absolute atomic E-state index is 0.0752. The van der Waals surface area contributed by atoms with Crippen LogP contribution in [0.15, 0.2) is 52.7 Å². The molecule has 3 aromatic rings. The molecule has 1 aliphatic heterocycles. The van der Waals surface area contributed by atoms with Crippen molar-refractivity contribution < 1.29 is 26.4 Å². The first-order chi connectivity index (χ1) is 15.2. The highest BCUT2D eigenvalue weighted by Crippen LogP contribution is 2.28. The number of hydrogen-bond donors (Lipinski definition) is 1. The van der Waals surface area contributed by atoms with Crippen molar-refractivity contribution in [3.8, 4) is 11.3 Å². The topological polar surface area (TPSA) is 79.4 Å². The van der Waals surface area contributed by atoms with Crippen LogP contribution in [0.4, 0.5) is 18.3 Å². The minimum atomic E-state index is -3.99. The van der Waals surface area contributed by atoms with Crippen LogP contribution in [-0.4, -0.2) is 36.7 Å². The molecule has 0 bridgehead atoms. The normalized spacial score (nSPS) is 15.6. The van der Waals surface area contributed by atoms with E-state index in [9.17, 15) is 26.4 Å². The van der Waals surface area contributed by atoms with Gasteiger partial charge in [-0.05, 0) is 43.2 Å². The first kappa shape index (κ1) is 22.4. The quantitative estimate of drug-likeness (QED) is 0.591. The summed E-state index contributed by atoms with van der Waals surface area (Å²) in [5.41, 5.74) is 1.13. The van der Waals surface area contributed by atoms with Crippen LogP contribution in [0.25, 0.3) is 11.3 Å². The highest BCUT2D eigenvalue weighted by atomic mass is 32.2. The van der Waals surface area contributed by atoms with Gasteiger partial charge in [0.25, 0.3) is 0 Å². The van der Waals surface area contributed by atoms with Crippen LogP contribution < -0.4 is 5.32 Å². The molecule has 6 nitrogen and oxygen atoms in total. The van der Waals surface area contributed by atoms with E-state index in [-0.39, 0.29) is 42.6 Å². The zero-order valence-corrected chi connectivity index (χ0v) is 18.2. The van der Waals surface area contributed by atoms with Crippen LogP contribution in [0.3, 0.4) is 0 Å². The number of anilines is 1. The van der Waals surface area contributed by atoms with Gasteiger partial charge in [0.1, 0.15) is 5.82 Å². The number of amides is 1. The summed E-state index contributed by atoms with van der Waals surface area (Å²) in [6.07, 6.45) is 0.549. The Morgan fingerprint density at radius 3 is 2.50 bits per heavy atom. The highest BCUT2D eigenvalue weighted by molar-refractivity contribution is 7.89. The number of hydrogen-bond acceptors (Lipinski definition) is 5. The number of nitrogens with zero attached hydrogens (tertiary/aromatic N) is 2. The fourth-order valence-corrected chi connectivity index (χ4v) is 5.67. The number of nitrogens with one attached hydrogen (secondary N) is 1. The third kappa shape index (κ3) is 4.69. The molecule has 32 heavy (non-hydrogen) atoms. The number of carbonyl (C=O) groups is 1. The predicted molar refractivity (Wildman–Crippen MR) is 114 cm³/mol. The fraction of sp³-hybridized carbons (Fsp3) is 0.238. The summed E-state index contributed by atoms with van der Waals surface area (Å²) in [7, 11) is -3.99. The van der Waals surface area contributed by atoms with Crippen molar-refractivity contribution in [2.75, 3.05) is 18.4 Å². The van der Waals surface area contributed by atoms with Gasteiger partial charge in [-0.15, -0.1) is 11.3 Å². The fourth-order valence-electron chi connectivity index (χ4n) is 3.46. The molecule has 0 aliphatic carbocycles. The van der Waals surface area contributed by atoms with Gasteiger partial charge in [0.15, 0.2) is 16.8 Å². The maximum absolute atomic E-state index is 13.4. The number of benzene rings is 2. The molecule has 0 radical (unpaired) electrons. The molecule has 1 saturated heterocycles. The monoisotopic (exact) mass is 481 g/mol. The molecule has 1 aromatic heterocycles. The van der Waals surface area contributed by atoms with Crippen molar-refractivity contribution >= 4 is 32.4 Å². The molecule has 11 heteroatoms. The molecule has 1 aliphatic rings. The second-order valence-electron chi connectivity index (χ2n) is 7.29. The van der Waals surface area contributed by atoms with Gasteiger partial charge in [0.05, 0.1) is 10.6 Å². The number of carbonyl (C=O) groups excluding carboxylic acids is 1. The summed E-state index contributed by atoms with van der Waals surface area (Å²) >= 11 is 1.21. The second-order valence-corrected chi connectivity index (χ2v) is 10.1. The zero-order valence-electron chi connectivity index (χ0n) is 16.6. The Labute approximate surface area is 186 Å². The van der Waals surface area contributed by atoms with Crippen molar-refractivity contribution in [1.29, 1.82) is 0 Å². The van der Waals surface area contributed by atoms with Crippen molar-refractivity contribution in [3.63, 3.8) is 0 Å². The Balaban J connectivity index is 1.37. The van der Waals surface area contributed by atoms with E-state index in [2.05, 4.69) is 10.3 Å². The van der Waals surface area contributed by atoms with Crippen molar-refractivity contribution in [3.05, 3.63) is 65.3 Å². The lowest BCUT2D eigenvalue weighted by Gasteiger charge is -2.30. The van der Waals surface area contributed by atoms with Gasteiger partial charge < -0.3 is 5.32 Å².